The molecule has 1 aromatic heterocycles. The maximum absolute atomic E-state index is 13.7. The van der Waals surface area contributed by atoms with Gasteiger partial charge in [-0.15, -0.1) is 10.2 Å². The van der Waals surface area contributed by atoms with Crippen molar-refractivity contribution in [2.45, 2.75) is 12.8 Å². The molecule has 96 valence electrons. The van der Waals surface area contributed by atoms with Crippen molar-refractivity contribution in [3.05, 3.63) is 33.5 Å². The van der Waals surface area contributed by atoms with Gasteiger partial charge >= 0.3 is 0 Å². The van der Waals surface area contributed by atoms with E-state index in [1.165, 1.54) is 17.4 Å². The standard InChI is InChI=1S/C12H13BrFN3S/c1-15-6-2-3-11-16-17-12(18-11)9-7-8(13)4-5-10(9)14/h4-5,7,15H,2-3,6H2,1H3. The Balaban J connectivity index is 2.16. The Bertz CT molecular complexity index is 530. The molecule has 0 fully saturated rings. The maximum Gasteiger partial charge on any atom is 0.150 e. The fourth-order valence-corrected chi connectivity index (χ4v) is 2.80. The van der Waals surface area contributed by atoms with Gasteiger partial charge in [-0.25, -0.2) is 4.39 Å². The van der Waals surface area contributed by atoms with Crippen LogP contribution >= 0.6 is 27.3 Å². The molecule has 0 aliphatic carbocycles. The molecule has 0 saturated carbocycles. The number of aromatic nitrogens is 2. The van der Waals surface area contributed by atoms with Crippen molar-refractivity contribution in [3.63, 3.8) is 0 Å². The van der Waals surface area contributed by atoms with Crippen LogP contribution in [-0.4, -0.2) is 23.8 Å². The highest BCUT2D eigenvalue weighted by Crippen LogP contribution is 2.28. The van der Waals surface area contributed by atoms with Crippen LogP contribution < -0.4 is 5.32 Å². The quantitative estimate of drug-likeness (QED) is 0.855. The second-order valence-electron chi connectivity index (χ2n) is 3.83. The molecule has 0 saturated heterocycles. The number of aryl methyl sites for hydroxylation is 1. The van der Waals surface area contributed by atoms with Gasteiger partial charge in [0.1, 0.15) is 10.8 Å². The van der Waals surface area contributed by atoms with Crippen LogP contribution in [0.15, 0.2) is 22.7 Å². The van der Waals surface area contributed by atoms with Gasteiger partial charge in [0, 0.05) is 16.5 Å². The van der Waals surface area contributed by atoms with E-state index in [1.54, 1.807) is 12.1 Å². The largest absolute Gasteiger partial charge is 0.320 e. The van der Waals surface area contributed by atoms with Crippen molar-refractivity contribution in [1.29, 1.82) is 0 Å². The Morgan fingerprint density at radius 3 is 3.00 bits per heavy atom. The zero-order chi connectivity index (χ0) is 13.0. The van der Waals surface area contributed by atoms with Crippen LogP contribution in [0.25, 0.3) is 10.6 Å². The number of benzene rings is 1. The van der Waals surface area contributed by atoms with Crippen molar-refractivity contribution in [1.82, 2.24) is 15.5 Å². The highest BCUT2D eigenvalue weighted by molar-refractivity contribution is 9.10. The third-order valence-electron chi connectivity index (χ3n) is 2.44. The number of hydrogen-bond acceptors (Lipinski definition) is 4. The number of nitrogens with one attached hydrogen (secondary N) is 1. The Morgan fingerprint density at radius 2 is 2.22 bits per heavy atom. The lowest BCUT2D eigenvalue weighted by Gasteiger charge is -1.98. The summed E-state index contributed by atoms with van der Waals surface area (Å²) in [6, 6.07) is 4.84. The van der Waals surface area contributed by atoms with Crippen molar-refractivity contribution in [2.24, 2.45) is 0 Å². The smallest absolute Gasteiger partial charge is 0.150 e. The molecule has 0 atom stereocenters. The zero-order valence-corrected chi connectivity index (χ0v) is 12.3. The van der Waals surface area contributed by atoms with Gasteiger partial charge in [-0.1, -0.05) is 27.3 Å². The molecule has 0 amide bonds. The summed E-state index contributed by atoms with van der Waals surface area (Å²) in [6.07, 6.45) is 1.88. The Hall–Kier alpha value is -0.850. The molecule has 1 N–H and O–H groups in total. The van der Waals surface area contributed by atoms with Crippen LogP contribution in [0.3, 0.4) is 0 Å². The SMILES string of the molecule is CNCCCc1nnc(-c2cc(Br)ccc2F)s1. The molecule has 0 bridgehead atoms. The molecular weight excluding hydrogens is 317 g/mol. The van der Waals surface area contributed by atoms with Gasteiger partial charge in [0.15, 0.2) is 5.01 Å². The van der Waals surface area contributed by atoms with Crippen molar-refractivity contribution < 1.29 is 4.39 Å². The summed E-state index contributed by atoms with van der Waals surface area (Å²) >= 11 is 4.78. The monoisotopic (exact) mass is 329 g/mol. The van der Waals surface area contributed by atoms with Gasteiger partial charge in [0.25, 0.3) is 0 Å². The molecule has 18 heavy (non-hydrogen) atoms. The summed E-state index contributed by atoms with van der Waals surface area (Å²) in [7, 11) is 1.92. The molecule has 6 heteroatoms. The molecule has 0 aliphatic heterocycles. The topological polar surface area (TPSA) is 37.8 Å². The lowest BCUT2D eigenvalue weighted by Crippen LogP contribution is -2.08. The predicted molar refractivity (Wildman–Crippen MR) is 75.3 cm³/mol. The first kappa shape index (κ1) is 13.6. The van der Waals surface area contributed by atoms with Gasteiger partial charge in [0.05, 0.1) is 0 Å². The van der Waals surface area contributed by atoms with E-state index in [-0.39, 0.29) is 5.82 Å². The van der Waals surface area contributed by atoms with E-state index in [1.807, 2.05) is 7.05 Å². The number of hydrogen-bond donors (Lipinski definition) is 1. The molecule has 3 nitrogen and oxygen atoms in total. The first-order chi connectivity index (χ1) is 8.70. The van der Waals surface area contributed by atoms with Crippen LogP contribution in [-0.2, 0) is 6.42 Å². The van der Waals surface area contributed by atoms with Gasteiger partial charge < -0.3 is 5.32 Å². The Morgan fingerprint density at radius 1 is 1.39 bits per heavy atom. The van der Waals surface area contributed by atoms with Crippen LogP contribution in [0.1, 0.15) is 11.4 Å². The predicted octanol–water partition coefficient (Wildman–Crippen LogP) is 3.26. The second kappa shape index (κ2) is 6.36. The van der Waals surface area contributed by atoms with E-state index in [0.29, 0.717) is 10.6 Å². The lowest BCUT2D eigenvalue weighted by molar-refractivity contribution is 0.630. The number of halogens is 2. The lowest BCUT2D eigenvalue weighted by atomic mass is 10.2. The molecule has 1 heterocycles. The third kappa shape index (κ3) is 3.34. The molecule has 0 radical (unpaired) electrons. The molecule has 0 spiro atoms. The number of rotatable bonds is 5. The van der Waals surface area contributed by atoms with Crippen molar-refractivity contribution >= 4 is 27.3 Å². The first-order valence-electron chi connectivity index (χ1n) is 5.63. The van der Waals surface area contributed by atoms with E-state index in [4.69, 9.17) is 0 Å². The summed E-state index contributed by atoms with van der Waals surface area (Å²) in [5.41, 5.74) is 0.502. The average Bonchev–Trinajstić information content (AvgIpc) is 2.81. The number of nitrogens with zero attached hydrogens (tertiary/aromatic N) is 2. The van der Waals surface area contributed by atoms with Crippen LogP contribution in [0.5, 0.6) is 0 Å². The second-order valence-corrected chi connectivity index (χ2v) is 5.81. The molecular formula is C12H13BrFN3S. The summed E-state index contributed by atoms with van der Waals surface area (Å²) in [5, 5.41) is 12.8. The molecule has 0 unspecified atom stereocenters. The summed E-state index contributed by atoms with van der Waals surface area (Å²) in [5.74, 6) is -0.267. The van der Waals surface area contributed by atoms with Gasteiger partial charge in [-0.05, 0) is 38.2 Å². The highest BCUT2D eigenvalue weighted by atomic mass is 79.9. The minimum Gasteiger partial charge on any atom is -0.320 e. The molecule has 0 aliphatic rings. The molecule has 1 aromatic carbocycles. The fraction of sp³-hybridized carbons (Fsp3) is 0.333. The minimum absolute atomic E-state index is 0.267. The Kier molecular flexibility index (Phi) is 4.79. The Labute approximate surface area is 118 Å². The van der Waals surface area contributed by atoms with Crippen LogP contribution in [0.4, 0.5) is 4.39 Å². The van der Waals surface area contributed by atoms with E-state index in [2.05, 4.69) is 31.4 Å². The van der Waals surface area contributed by atoms with Crippen molar-refractivity contribution in [3.8, 4) is 10.6 Å². The van der Waals surface area contributed by atoms with Gasteiger partial charge in [-0.2, -0.15) is 0 Å². The summed E-state index contributed by atoms with van der Waals surface area (Å²) in [4.78, 5) is 0. The average molecular weight is 330 g/mol. The van der Waals surface area contributed by atoms with E-state index >= 15 is 0 Å². The molecule has 2 rings (SSSR count). The zero-order valence-electron chi connectivity index (χ0n) is 9.91. The first-order valence-corrected chi connectivity index (χ1v) is 7.24. The van der Waals surface area contributed by atoms with Crippen LogP contribution in [0, 0.1) is 5.82 Å². The summed E-state index contributed by atoms with van der Waals surface area (Å²) < 4.78 is 14.5. The minimum atomic E-state index is -0.267. The highest BCUT2D eigenvalue weighted by Gasteiger charge is 2.11. The fourth-order valence-electron chi connectivity index (χ4n) is 1.54. The van der Waals surface area contributed by atoms with Gasteiger partial charge in [-0.3, -0.25) is 0 Å². The van der Waals surface area contributed by atoms with E-state index in [0.717, 1.165) is 28.9 Å². The van der Waals surface area contributed by atoms with Crippen molar-refractivity contribution in [2.75, 3.05) is 13.6 Å². The third-order valence-corrected chi connectivity index (χ3v) is 3.95. The maximum atomic E-state index is 13.7. The van der Waals surface area contributed by atoms with E-state index in [9.17, 15) is 4.39 Å². The van der Waals surface area contributed by atoms with Crippen LogP contribution in [0.2, 0.25) is 0 Å². The molecule has 2 aromatic rings. The summed E-state index contributed by atoms with van der Waals surface area (Å²) in [6.45, 7) is 0.945. The van der Waals surface area contributed by atoms with Gasteiger partial charge in [0.2, 0.25) is 0 Å². The van der Waals surface area contributed by atoms with E-state index < -0.39 is 0 Å². The normalized spacial score (nSPS) is 10.8.